The van der Waals surface area contributed by atoms with Crippen molar-refractivity contribution >= 4 is 11.3 Å². The van der Waals surface area contributed by atoms with Crippen molar-refractivity contribution < 1.29 is 0 Å². The van der Waals surface area contributed by atoms with Gasteiger partial charge in [-0.25, -0.2) is 0 Å². The van der Waals surface area contributed by atoms with Gasteiger partial charge in [0.05, 0.1) is 0 Å². The lowest BCUT2D eigenvalue weighted by Crippen LogP contribution is -1.84. The van der Waals surface area contributed by atoms with Gasteiger partial charge in [-0.2, -0.15) is 11.3 Å². The van der Waals surface area contributed by atoms with E-state index in [2.05, 4.69) is 23.8 Å². The Morgan fingerprint density at radius 1 is 0.824 bits per heavy atom. The Morgan fingerprint density at radius 2 is 1.41 bits per heavy atom. The second kappa shape index (κ2) is 10.8. The van der Waals surface area contributed by atoms with Crippen LogP contribution in [0, 0.1) is 0 Å². The van der Waals surface area contributed by atoms with Gasteiger partial charge in [0.15, 0.2) is 0 Å². The first-order valence-electron chi connectivity index (χ1n) is 7.44. The zero-order valence-electron chi connectivity index (χ0n) is 11.4. The highest BCUT2D eigenvalue weighted by atomic mass is 32.1. The van der Waals surface area contributed by atoms with Gasteiger partial charge < -0.3 is 0 Å². The molecule has 17 heavy (non-hydrogen) atoms. The Hall–Kier alpha value is -0.300. The molecule has 1 heterocycles. The monoisotopic (exact) mass is 252 g/mol. The number of aryl methyl sites for hydroxylation is 1. The molecule has 0 saturated heterocycles. The standard InChI is InChI=1S/C16H28S/c1-2-3-4-5-6-7-8-9-10-11-12-16-13-14-17-15-16/h13-15H,2-12H2,1H3. The molecule has 0 nitrogen and oxygen atoms in total. The molecular formula is C16H28S. The molecule has 1 aromatic rings. The summed E-state index contributed by atoms with van der Waals surface area (Å²) in [7, 11) is 0. The second-order valence-electron chi connectivity index (χ2n) is 5.06. The van der Waals surface area contributed by atoms with Crippen LogP contribution in [0.15, 0.2) is 16.8 Å². The summed E-state index contributed by atoms with van der Waals surface area (Å²) in [6.45, 7) is 2.29. The molecule has 0 spiro atoms. The summed E-state index contributed by atoms with van der Waals surface area (Å²) in [4.78, 5) is 0. The molecule has 0 aliphatic rings. The van der Waals surface area contributed by atoms with E-state index < -0.39 is 0 Å². The van der Waals surface area contributed by atoms with E-state index in [0.717, 1.165) is 0 Å². The Morgan fingerprint density at radius 3 is 1.94 bits per heavy atom. The highest BCUT2D eigenvalue weighted by Crippen LogP contribution is 2.13. The Bertz CT molecular complexity index is 238. The molecular weight excluding hydrogens is 224 g/mol. The molecule has 0 amide bonds. The number of thiophene rings is 1. The normalized spacial score (nSPS) is 10.9. The molecule has 0 radical (unpaired) electrons. The minimum absolute atomic E-state index is 1.29. The zero-order chi connectivity index (χ0) is 12.2. The van der Waals surface area contributed by atoms with Crippen LogP contribution in [-0.4, -0.2) is 0 Å². The van der Waals surface area contributed by atoms with Crippen LogP contribution in [0.4, 0.5) is 0 Å². The van der Waals surface area contributed by atoms with E-state index in [1.807, 2.05) is 11.3 Å². The van der Waals surface area contributed by atoms with Crippen molar-refractivity contribution in [2.45, 2.75) is 77.6 Å². The smallest absolute Gasteiger partial charge is 0.00613 e. The van der Waals surface area contributed by atoms with Crippen molar-refractivity contribution in [3.8, 4) is 0 Å². The summed E-state index contributed by atoms with van der Waals surface area (Å²) in [5, 5.41) is 4.47. The van der Waals surface area contributed by atoms with Gasteiger partial charge in [-0.1, -0.05) is 64.7 Å². The van der Waals surface area contributed by atoms with Crippen LogP contribution < -0.4 is 0 Å². The molecule has 0 bridgehead atoms. The van der Waals surface area contributed by atoms with E-state index >= 15 is 0 Å². The largest absolute Gasteiger partial charge is 0.152 e. The zero-order valence-corrected chi connectivity index (χ0v) is 12.2. The van der Waals surface area contributed by atoms with Crippen LogP contribution in [0.3, 0.4) is 0 Å². The van der Waals surface area contributed by atoms with Crippen molar-refractivity contribution in [3.63, 3.8) is 0 Å². The average Bonchev–Trinajstić information content (AvgIpc) is 2.85. The van der Waals surface area contributed by atoms with Crippen LogP contribution in [0.2, 0.25) is 0 Å². The van der Waals surface area contributed by atoms with Gasteiger partial charge in [0.25, 0.3) is 0 Å². The lowest BCUT2D eigenvalue weighted by atomic mass is 10.0. The maximum Gasteiger partial charge on any atom is -0.00613 e. The Labute approximate surface area is 111 Å². The lowest BCUT2D eigenvalue weighted by Gasteiger charge is -2.01. The molecule has 1 rings (SSSR count). The molecule has 0 aliphatic carbocycles. The van der Waals surface area contributed by atoms with Crippen molar-refractivity contribution in [1.82, 2.24) is 0 Å². The summed E-state index contributed by atoms with van der Waals surface area (Å²) in [5.41, 5.74) is 1.54. The molecule has 0 saturated carbocycles. The number of hydrogen-bond acceptors (Lipinski definition) is 1. The topological polar surface area (TPSA) is 0 Å². The lowest BCUT2D eigenvalue weighted by molar-refractivity contribution is 0.556. The van der Waals surface area contributed by atoms with Crippen molar-refractivity contribution in [2.75, 3.05) is 0 Å². The molecule has 0 N–H and O–H groups in total. The average molecular weight is 252 g/mol. The SMILES string of the molecule is CCCCCCCCCCCCc1ccsc1. The molecule has 0 unspecified atom stereocenters. The van der Waals surface area contributed by atoms with Gasteiger partial charge in [-0.15, -0.1) is 0 Å². The van der Waals surface area contributed by atoms with Crippen LogP contribution in [0.1, 0.15) is 76.7 Å². The van der Waals surface area contributed by atoms with E-state index in [-0.39, 0.29) is 0 Å². The summed E-state index contributed by atoms with van der Waals surface area (Å²) < 4.78 is 0. The van der Waals surface area contributed by atoms with E-state index in [4.69, 9.17) is 0 Å². The van der Waals surface area contributed by atoms with E-state index in [1.54, 1.807) is 0 Å². The van der Waals surface area contributed by atoms with Crippen LogP contribution in [0.5, 0.6) is 0 Å². The molecule has 1 heteroatoms. The van der Waals surface area contributed by atoms with Crippen molar-refractivity contribution in [2.24, 2.45) is 0 Å². The van der Waals surface area contributed by atoms with E-state index in [0.29, 0.717) is 0 Å². The predicted molar refractivity (Wildman–Crippen MR) is 79.9 cm³/mol. The third kappa shape index (κ3) is 8.43. The van der Waals surface area contributed by atoms with Crippen LogP contribution in [-0.2, 0) is 6.42 Å². The molecule has 0 fully saturated rings. The molecule has 98 valence electrons. The van der Waals surface area contributed by atoms with Gasteiger partial charge in [0.1, 0.15) is 0 Å². The van der Waals surface area contributed by atoms with Gasteiger partial charge in [-0.3, -0.25) is 0 Å². The fraction of sp³-hybridized carbons (Fsp3) is 0.750. The third-order valence-corrected chi connectivity index (χ3v) is 4.13. The molecule has 0 atom stereocenters. The first-order chi connectivity index (χ1) is 8.43. The fourth-order valence-corrected chi connectivity index (χ4v) is 2.95. The molecule has 1 aromatic heterocycles. The third-order valence-electron chi connectivity index (χ3n) is 3.40. The maximum absolute atomic E-state index is 2.29. The predicted octanol–water partition coefficient (Wildman–Crippen LogP) is 6.21. The van der Waals surface area contributed by atoms with Crippen LogP contribution in [0.25, 0.3) is 0 Å². The van der Waals surface area contributed by atoms with Crippen molar-refractivity contribution in [3.05, 3.63) is 22.4 Å². The first kappa shape index (κ1) is 14.8. The Kier molecular flexibility index (Phi) is 9.40. The van der Waals surface area contributed by atoms with Crippen molar-refractivity contribution in [1.29, 1.82) is 0 Å². The molecule has 0 aromatic carbocycles. The van der Waals surface area contributed by atoms with Gasteiger partial charge >= 0.3 is 0 Å². The number of unbranched alkanes of at least 4 members (excludes halogenated alkanes) is 9. The highest BCUT2D eigenvalue weighted by Gasteiger charge is 1.94. The minimum Gasteiger partial charge on any atom is -0.152 e. The Balaban J connectivity index is 1.76. The summed E-state index contributed by atoms with van der Waals surface area (Å²) in [6, 6.07) is 2.26. The summed E-state index contributed by atoms with van der Waals surface area (Å²) in [6.07, 6.45) is 15.6. The fourth-order valence-electron chi connectivity index (χ4n) is 2.25. The van der Waals surface area contributed by atoms with Gasteiger partial charge in [0, 0.05) is 0 Å². The van der Waals surface area contributed by atoms with E-state index in [1.165, 1.54) is 76.2 Å². The quantitative estimate of drug-likeness (QED) is 0.411. The highest BCUT2D eigenvalue weighted by molar-refractivity contribution is 7.07. The van der Waals surface area contributed by atoms with Crippen LogP contribution >= 0.6 is 11.3 Å². The number of hydrogen-bond donors (Lipinski definition) is 0. The minimum atomic E-state index is 1.29. The maximum atomic E-state index is 2.29. The van der Waals surface area contributed by atoms with Gasteiger partial charge in [0.2, 0.25) is 0 Å². The van der Waals surface area contributed by atoms with E-state index in [9.17, 15) is 0 Å². The van der Waals surface area contributed by atoms with Gasteiger partial charge in [-0.05, 0) is 35.2 Å². The summed E-state index contributed by atoms with van der Waals surface area (Å²) >= 11 is 1.82. The number of rotatable bonds is 11. The second-order valence-corrected chi connectivity index (χ2v) is 5.84. The summed E-state index contributed by atoms with van der Waals surface area (Å²) in [5.74, 6) is 0. The first-order valence-corrected chi connectivity index (χ1v) is 8.39. The molecule has 0 aliphatic heterocycles.